The van der Waals surface area contributed by atoms with E-state index >= 15 is 0 Å². The lowest BCUT2D eigenvalue weighted by atomic mass is 9.90. The third kappa shape index (κ3) is 2.47. The van der Waals surface area contributed by atoms with Crippen molar-refractivity contribution in [2.24, 2.45) is 17.8 Å². The van der Waals surface area contributed by atoms with Crippen molar-refractivity contribution in [1.29, 1.82) is 0 Å². The van der Waals surface area contributed by atoms with Crippen molar-refractivity contribution < 1.29 is 9.59 Å². The van der Waals surface area contributed by atoms with E-state index in [0.717, 1.165) is 25.2 Å². The van der Waals surface area contributed by atoms with Crippen molar-refractivity contribution in [2.45, 2.75) is 70.9 Å². The molecule has 0 spiro atoms. The number of nitrogens with zero attached hydrogens (tertiary/aromatic N) is 1. The minimum absolute atomic E-state index is 0.0398. The molecule has 118 valence electrons. The van der Waals surface area contributed by atoms with Crippen LogP contribution in [0.2, 0.25) is 0 Å². The Hall–Kier alpha value is -1.06. The van der Waals surface area contributed by atoms with E-state index in [4.69, 9.17) is 0 Å². The Labute approximate surface area is 127 Å². The van der Waals surface area contributed by atoms with E-state index in [9.17, 15) is 9.59 Å². The lowest BCUT2D eigenvalue weighted by molar-refractivity contribution is -0.141. The van der Waals surface area contributed by atoms with E-state index in [-0.39, 0.29) is 11.8 Å². The zero-order chi connectivity index (χ0) is 15.2. The highest BCUT2D eigenvalue weighted by Crippen LogP contribution is 2.44. The Morgan fingerprint density at radius 3 is 2.52 bits per heavy atom. The Balaban J connectivity index is 1.84. The fraction of sp³-hybridized carbons (Fsp3) is 0.882. The third-order valence-electron chi connectivity index (χ3n) is 6.19. The standard InChI is InChI=1S/C17H28N2O2/c1-4-12-5-8-14(11(12)2)19-10-9-15(20)18-17(3,16(19)21)13-6-7-13/h11-14H,4-10H2,1-3H3,(H,18,20). The molecule has 1 aliphatic heterocycles. The second-order valence-electron chi connectivity index (χ2n) is 7.45. The second kappa shape index (κ2) is 5.29. The quantitative estimate of drug-likeness (QED) is 0.868. The molecule has 4 unspecified atom stereocenters. The van der Waals surface area contributed by atoms with Crippen molar-refractivity contribution >= 4 is 11.8 Å². The van der Waals surface area contributed by atoms with Gasteiger partial charge in [0.2, 0.25) is 11.8 Å². The summed E-state index contributed by atoms with van der Waals surface area (Å²) in [6.07, 6.45) is 6.08. The fourth-order valence-corrected chi connectivity index (χ4v) is 4.52. The maximum atomic E-state index is 13.1. The van der Waals surface area contributed by atoms with Crippen LogP contribution in [0.25, 0.3) is 0 Å². The lowest BCUT2D eigenvalue weighted by Gasteiger charge is -2.37. The van der Waals surface area contributed by atoms with Gasteiger partial charge in [0.15, 0.2) is 0 Å². The van der Waals surface area contributed by atoms with Crippen LogP contribution in [-0.2, 0) is 9.59 Å². The first-order chi connectivity index (χ1) is 9.97. The molecular formula is C17H28N2O2. The molecule has 21 heavy (non-hydrogen) atoms. The van der Waals surface area contributed by atoms with E-state index in [2.05, 4.69) is 24.1 Å². The molecule has 0 radical (unpaired) electrons. The zero-order valence-corrected chi connectivity index (χ0v) is 13.5. The van der Waals surface area contributed by atoms with Crippen molar-refractivity contribution in [3.05, 3.63) is 0 Å². The summed E-state index contributed by atoms with van der Waals surface area (Å²) in [4.78, 5) is 27.2. The molecule has 3 aliphatic rings. The summed E-state index contributed by atoms with van der Waals surface area (Å²) in [7, 11) is 0. The van der Waals surface area contributed by atoms with Crippen LogP contribution in [0, 0.1) is 17.8 Å². The number of hydrogen-bond acceptors (Lipinski definition) is 2. The maximum absolute atomic E-state index is 13.1. The van der Waals surface area contributed by atoms with Crippen LogP contribution in [0.5, 0.6) is 0 Å². The van der Waals surface area contributed by atoms with Gasteiger partial charge in [0.05, 0.1) is 0 Å². The Morgan fingerprint density at radius 2 is 1.95 bits per heavy atom. The van der Waals surface area contributed by atoms with E-state index in [1.807, 2.05) is 6.92 Å². The number of carbonyl (C=O) groups excluding carboxylic acids is 2. The minimum atomic E-state index is -0.655. The third-order valence-corrected chi connectivity index (χ3v) is 6.19. The summed E-state index contributed by atoms with van der Waals surface area (Å²) >= 11 is 0. The Kier molecular flexibility index (Phi) is 3.74. The molecule has 4 nitrogen and oxygen atoms in total. The first-order valence-electron chi connectivity index (χ1n) is 8.59. The summed E-state index contributed by atoms with van der Waals surface area (Å²) < 4.78 is 0. The molecule has 3 fully saturated rings. The highest BCUT2D eigenvalue weighted by Gasteiger charge is 2.53. The molecule has 4 heteroatoms. The fourth-order valence-electron chi connectivity index (χ4n) is 4.52. The first kappa shape index (κ1) is 14.9. The average Bonchev–Trinajstić information content (AvgIpc) is 3.25. The zero-order valence-electron chi connectivity index (χ0n) is 13.5. The van der Waals surface area contributed by atoms with Gasteiger partial charge in [0.1, 0.15) is 5.54 Å². The van der Waals surface area contributed by atoms with E-state index < -0.39 is 5.54 Å². The molecule has 0 bridgehead atoms. The van der Waals surface area contributed by atoms with Crippen LogP contribution in [0.3, 0.4) is 0 Å². The largest absolute Gasteiger partial charge is 0.342 e. The van der Waals surface area contributed by atoms with Crippen molar-refractivity contribution in [3.8, 4) is 0 Å². The predicted molar refractivity (Wildman–Crippen MR) is 81.6 cm³/mol. The van der Waals surface area contributed by atoms with Crippen LogP contribution >= 0.6 is 0 Å². The average molecular weight is 292 g/mol. The SMILES string of the molecule is CCC1CCC(N2CCC(=O)NC(C)(C3CC3)C2=O)C1C. The van der Waals surface area contributed by atoms with Crippen molar-refractivity contribution in [2.75, 3.05) is 6.54 Å². The van der Waals surface area contributed by atoms with Crippen LogP contribution in [0.1, 0.15) is 59.3 Å². The Morgan fingerprint density at radius 1 is 1.24 bits per heavy atom. The van der Waals surface area contributed by atoms with Crippen molar-refractivity contribution in [3.63, 3.8) is 0 Å². The molecule has 3 rings (SSSR count). The van der Waals surface area contributed by atoms with Crippen LogP contribution < -0.4 is 5.32 Å². The van der Waals surface area contributed by atoms with Gasteiger partial charge >= 0.3 is 0 Å². The highest BCUT2D eigenvalue weighted by molar-refractivity contribution is 5.94. The number of hydrogen-bond donors (Lipinski definition) is 1. The van der Waals surface area contributed by atoms with Gasteiger partial charge in [-0.15, -0.1) is 0 Å². The molecule has 2 saturated carbocycles. The summed E-state index contributed by atoms with van der Waals surface area (Å²) in [6.45, 7) is 7.07. The summed E-state index contributed by atoms with van der Waals surface area (Å²) in [5, 5.41) is 3.03. The number of nitrogens with one attached hydrogen (secondary N) is 1. The molecule has 2 aliphatic carbocycles. The number of rotatable bonds is 3. The number of amides is 2. The van der Waals surface area contributed by atoms with Gasteiger partial charge in [0.25, 0.3) is 0 Å². The molecule has 1 heterocycles. The summed E-state index contributed by atoms with van der Waals surface area (Å²) in [6, 6.07) is 0.327. The van der Waals surface area contributed by atoms with Gasteiger partial charge in [0, 0.05) is 19.0 Å². The van der Waals surface area contributed by atoms with Crippen LogP contribution in [-0.4, -0.2) is 34.8 Å². The van der Waals surface area contributed by atoms with Crippen molar-refractivity contribution in [1.82, 2.24) is 10.2 Å². The van der Waals surface area contributed by atoms with Gasteiger partial charge < -0.3 is 10.2 Å². The molecule has 1 N–H and O–H groups in total. The summed E-state index contributed by atoms with van der Waals surface area (Å²) in [5.41, 5.74) is -0.655. The van der Waals surface area contributed by atoms with Gasteiger partial charge in [-0.2, -0.15) is 0 Å². The Bertz CT molecular complexity index is 446. The molecule has 2 amide bonds. The van der Waals surface area contributed by atoms with Crippen LogP contribution in [0.15, 0.2) is 0 Å². The van der Waals surface area contributed by atoms with Gasteiger partial charge in [-0.3, -0.25) is 9.59 Å². The first-order valence-corrected chi connectivity index (χ1v) is 8.59. The maximum Gasteiger partial charge on any atom is 0.248 e. The minimum Gasteiger partial charge on any atom is -0.342 e. The van der Waals surface area contributed by atoms with E-state index in [1.54, 1.807) is 0 Å². The molecule has 1 saturated heterocycles. The smallest absolute Gasteiger partial charge is 0.248 e. The van der Waals surface area contributed by atoms with Gasteiger partial charge in [-0.1, -0.05) is 20.3 Å². The topological polar surface area (TPSA) is 49.4 Å². The molecule has 0 aromatic rings. The van der Waals surface area contributed by atoms with E-state index in [0.29, 0.717) is 30.8 Å². The van der Waals surface area contributed by atoms with Crippen LogP contribution in [0.4, 0.5) is 0 Å². The number of carbonyl (C=O) groups is 2. The van der Waals surface area contributed by atoms with Gasteiger partial charge in [-0.05, 0) is 50.4 Å². The monoisotopic (exact) mass is 292 g/mol. The van der Waals surface area contributed by atoms with Gasteiger partial charge in [-0.25, -0.2) is 0 Å². The molecule has 0 aromatic carbocycles. The predicted octanol–water partition coefficient (Wildman–Crippen LogP) is 2.33. The molecule has 4 atom stereocenters. The normalized spacial score (nSPS) is 41.1. The molecular weight excluding hydrogens is 264 g/mol. The molecule has 0 aromatic heterocycles. The lowest BCUT2D eigenvalue weighted by Crippen LogP contribution is -2.58. The summed E-state index contributed by atoms with van der Waals surface area (Å²) in [5.74, 6) is 1.83. The van der Waals surface area contributed by atoms with E-state index in [1.165, 1.54) is 12.8 Å². The highest BCUT2D eigenvalue weighted by atomic mass is 16.2. The second-order valence-corrected chi connectivity index (χ2v) is 7.45.